The quantitative estimate of drug-likeness (QED) is 0.546. The Bertz CT molecular complexity index is 1170. The highest BCUT2D eigenvalue weighted by atomic mass is 16.2. The van der Waals surface area contributed by atoms with Gasteiger partial charge in [0.2, 0.25) is 0 Å². The van der Waals surface area contributed by atoms with E-state index in [1.807, 2.05) is 24.3 Å². The summed E-state index contributed by atoms with van der Waals surface area (Å²) in [7, 11) is 0. The van der Waals surface area contributed by atoms with Gasteiger partial charge in [-0.25, -0.2) is 0 Å². The summed E-state index contributed by atoms with van der Waals surface area (Å²) in [4.78, 5) is 39.0. The molecule has 3 N–H and O–H groups in total. The molecule has 4 rings (SSSR count). The molecule has 156 valence electrons. The summed E-state index contributed by atoms with van der Waals surface area (Å²) in [6.45, 7) is 3.17. The van der Waals surface area contributed by atoms with Crippen molar-refractivity contribution in [1.29, 1.82) is 0 Å². The van der Waals surface area contributed by atoms with Gasteiger partial charge in [-0.15, -0.1) is 0 Å². The first-order chi connectivity index (χ1) is 14.5. The van der Waals surface area contributed by atoms with Crippen LogP contribution in [0.1, 0.15) is 43.0 Å². The summed E-state index contributed by atoms with van der Waals surface area (Å²) in [5.74, 6) is 0.478. The molecule has 0 atom stereocenters. The molecule has 1 aliphatic rings. The van der Waals surface area contributed by atoms with Crippen LogP contribution in [0.4, 0.5) is 11.4 Å². The molecule has 30 heavy (non-hydrogen) atoms. The normalized spacial score (nSPS) is 14.2. The molecule has 0 saturated heterocycles. The number of nitrogens with zero attached hydrogens (tertiary/aromatic N) is 1. The summed E-state index contributed by atoms with van der Waals surface area (Å²) < 4.78 is 1.40. The number of aromatic amines is 1. The number of rotatable bonds is 6. The first-order valence-corrected chi connectivity index (χ1v) is 10.5. The van der Waals surface area contributed by atoms with Crippen LogP contribution in [-0.4, -0.2) is 22.0 Å². The Morgan fingerprint density at radius 3 is 2.47 bits per heavy atom. The molecule has 0 radical (unpaired) electrons. The zero-order valence-electron chi connectivity index (χ0n) is 17.0. The van der Waals surface area contributed by atoms with Crippen molar-refractivity contribution in [1.82, 2.24) is 9.55 Å². The molecular formula is C23H26N4O3. The maximum atomic E-state index is 12.7. The van der Waals surface area contributed by atoms with E-state index in [1.165, 1.54) is 30.3 Å². The Kier molecular flexibility index (Phi) is 5.70. The summed E-state index contributed by atoms with van der Waals surface area (Å²) in [6.07, 6.45) is 5.26. The van der Waals surface area contributed by atoms with Crippen molar-refractivity contribution >= 4 is 28.3 Å². The smallest absolute Gasteiger partial charge is 0.316 e. The first-order valence-electron chi connectivity index (χ1n) is 10.5. The highest BCUT2D eigenvalue weighted by Gasteiger charge is 2.14. The standard InChI is InChI=1S/C23H26N4O3/c1-2-27-20-12-7-16(13-19(20)26-22(29)23(27)30)21(28)25-18-10-8-17(9-11-18)24-14-15-5-3-4-6-15/h7-13,15,24H,2-6,14H2,1H3,(H,25,28)(H,26,29). The number of aryl methyl sites for hydroxylation is 1. The minimum Gasteiger partial charge on any atom is -0.385 e. The Morgan fingerprint density at radius 2 is 1.77 bits per heavy atom. The van der Waals surface area contributed by atoms with Crippen LogP contribution in [0.3, 0.4) is 0 Å². The van der Waals surface area contributed by atoms with Gasteiger partial charge in [0.05, 0.1) is 11.0 Å². The largest absolute Gasteiger partial charge is 0.385 e. The second-order valence-electron chi connectivity index (χ2n) is 7.80. The highest BCUT2D eigenvalue weighted by Crippen LogP contribution is 2.25. The predicted molar refractivity (Wildman–Crippen MR) is 119 cm³/mol. The van der Waals surface area contributed by atoms with Crippen LogP contribution >= 0.6 is 0 Å². The van der Waals surface area contributed by atoms with Crippen molar-refractivity contribution in [2.75, 3.05) is 17.2 Å². The van der Waals surface area contributed by atoms with Crippen molar-refractivity contribution < 1.29 is 4.79 Å². The third-order valence-electron chi connectivity index (χ3n) is 5.77. The van der Waals surface area contributed by atoms with Crippen LogP contribution in [0, 0.1) is 5.92 Å². The van der Waals surface area contributed by atoms with E-state index in [9.17, 15) is 14.4 Å². The van der Waals surface area contributed by atoms with E-state index in [0.717, 1.165) is 18.2 Å². The minimum absolute atomic E-state index is 0.279. The van der Waals surface area contributed by atoms with Crippen molar-refractivity contribution in [3.8, 4) is 0 Å². The molecule has 1 aliphatic carbocycles. The number of carbonyl (C=O) groups excluding carboxylic acids is 1. The molecule has 1 amide bonds. The molecule has 0 aliphatic heterocycles. The lowest BCUT2D eigenvalue weighted by atomic mass is 10.1. The number of nitrogens with one attached hydrogen (secondary N) is 3. The van der Waals surface area contributed by atoms with Crippen LogP contribution in [0.5, 0.6) is 0 Å². The average Bonchev–Trinajstić information content (AvgIpc) is 3.27. The second-order valence-corrected chi connectivity index (χ2v) is 7.80. The number of aromatic nitrogens is 2. The van der Waals surface area contributed by atoms with Crippen LogP contribution in [-0.2, 0) is 6.54 Å². The Balaban J connectivity index is 1.46. The number of benzene rings is 2. The number of anilines is 2. The van der Waals surface area contributed by atoms with Crippen LogP contribution in [0.15, 0.2) is 52.1 Å². The van der Waals surface area contributed by atoms with Crippen LogP contribution in [0.2, 0.25) is 0 Å². The summed E-state index contributed by atoms with van der Waals surface area (Å²) in [5.41, 5.74) is 1.91. The molecule has 7 nitrogen and oxygen atoms in total. The van der Waals surface area contributed by atoms with Gasteiger partial charge in [0.15, 0.2) is 0 Å². The fourth-order valence-corrected chi connectivity index (χ4v) is 4.09. The molecule has 0 bridgehead atoms. The molecular weight excluding hydrogens is 380 g/mol. The lowest BCUT2D eigenvalue weighted by Gasteiger charge is -2.13. The molecule has 3 aromatic rings. The Morgan fingerprint density at radius 1 is 1.07 bits per heavy atom. The summed E-state index contributed by atoms with van der Waals surface area (Å²) >= 11 is 0. The zero-order valence-corrected chi connectivity index (χ0v) is 17.0. The number of hydrogen-bond donors (Lipinski definition) is 3. The molecule has 1 fully saturated rings. The zero-order chi connectivity index (χ0) is 21.1. The van der Waals surface area contributed by atoms with Crippen LogP contribution in [0.25, 0.3) is 11.0 Å². The van der Waals surface area contributed by atoms with Crippen molar-refractivity contribution in [3.63, 3.8) is 0 Å². The van der Waals surface area contributed by atoms with Gasteiger partial charge in [-0.3, -0.25) is 14.4 Å². The van der Waals surface area contributed by atoms with Gasteiger partial charge in [-0.05, 0) is 68.1 Å². The highest BCUT2D eigenvalue weighted by molar-refractivity contribution is 6.05. The summed E-state index contributed by atoms with van der Waals surface area (Å²) in [6, 6.07) is 12.6. The molecule has 1 saturated carbocycles. The van der Waals surface area contributed by atoms with E-state index in [0.29, 0.717) is 28.8 Å². The SMILES string of the molecule is CCn1c(=O)c(=O)[nH]c2cc(C(=O)Nc3ccc(NCC4CCCC4)cc3)ccc21. The van der Waals surface area contributed by atoms with E-state index in [2.05, 4.69) is 15.6 Å². The van der Waals surface area contributed by atoms with Crippen molar-refractivity contribution in [3.05, 3.63) is 68.7 Å². The number of fused-ring (bicyclic) bond motifs is 1. The molecule has 1 heterocycles. The van der Waals surface area contributed by atoms with Gasteiger partial charge in [0.25, 0.3) is 5.91 Å². The van der Waals surface area contributed by atoms with Crippen molar-refractivity contribution in [2.24, 2.45) is 5.92 Å². The maximum Gasteiger partial charge on any atom is 0.316 e. The number of H-pyrrole nitrogens is 1. The van der Waals surface area contributed by atoms with Gasteiger partial charge < -0.3 is 20.2 Å². The van der Waals surface area contributed by atoms with Gasteiger partial charge in [0.1, 0.15) is 0 Å². The van der Waals surface area contributed by atoms with E-state index in [1.54, 1.807) is 25.1 Å². The maximum absolute atomic E-state index is 12.7. The number of carbonyl (C=O) groups is 1. The van der Waals surface area contributed by atoms with Gasteiger partial charge in [-0.2, -0.15) is 0 Å². The minimum atomic E-state index is -0.692. The van der Waals surface area contributed by atoms with Gasteiger partial charge in [-0.1, -0.05) is 12.8 Å². The number of amides is 1. The van der Waals surface area contributed by atoms with Gasteiger partial charge in [0, 0.05) is 30.0 Å². The topological polar surface area (TPSA) is 96.0 Å². The van der Waals surface area contributed by atoms with E-state index < -0.39 is 11.1 Å². The van der Waals surface area contributed by atoms with E-state index in [4.69, 9.17) is 0 Å². The fourth-order valence-electron chi connectivity index (χ4n) is 4.09. The monoisotopic (exact) mass is 406 g/mol. The Labute approximate surface area is 174 Å². The Hall–Kier alpha value is -3.35. The molecule has 0 spiro atoms. The van der Waals surface area contributed by atoms with Gasteiger partial charge >= 0.3 is 11.1 Å². The molecule has 7 heteroatoms. The predicted octanol–water partition coefficient (Wildman–Crippen LogP) is 3.56. The lowest BCUT2D eigenvalue weighted by molar-refractivity contribution is 0.102. The lowest BCUT2D eigenvalue weighted by Crippen LogP contribution is -2.36. The third kappa shape index (κ3) is 4.15. The summed E-state index contributed by atoms with van der Waals surface area (Å²) in [5, 5.41) is 6.34. The van der Waals surface area contributed by atoms with E-state index in [-0.39, 0.29) is 5.91 Å². The van der Waals surface area contributed by atoms with Crippen LogP contribution < -0.4 is 21.8 Å². The molecule has 1 aromatic heterocycles. The van der Waals surface area contributed by atoms with Crippen molar-refractivity contribution in [2.45, 2.75) is 39.2 Å². The van der Waals surface area contributed by atoms with E-state index >= 15 is 0 Å². The second kappa shape index (κ2) is 8.57. The molecule has 2 aromatic carbocycles. The number of hydrogen-bond acceptors (Lipinski definition) is 4. The first kappa shape index (κ1) is 19.9. The molecule has 0 unspecified atom stereocenters. The third-order valence-corrected chi connectivity index (χ3v) is 5.77. The average molecular weight is 406 g/mol. The fraction of sp³-hybridized carbons (Fsp3) is 0.348.